The van der Waals surface area contributed by atoms with Crippen molar-refractivity contribution in [2.75, 3.05) is 13.1 Å². The Balaban J connectivity index is 2.21. The van der Waals surface area contributed by atoms with Crippen LogP contribution in [-0.2, 0) is 9.59 Å². The van der Waals surface area contributed by atoms with E-state index in [9.17, 15) is 9.59 Å². The third-order valence-corrected chi connectivity index (χ3v) is 3.42. The number of carboxylic acids is 1. The van der Waals surface area contributed by atoms with E-state index in [1.165, 1.54) is 0 Å². The Morgan fingerprint density at radius 3 is 2.41 bits per heavy atom. The van der Waals surface area contributed by atoms with E-state index >= 15 is 0 Å². The molecule has 4 heteroatoms. The predicted octanol–water partition coefficient (Wildman–Crippen LogP) is 2.28. The molecule has 1 amide bonds. The minimum absolute atomic E-state index is 0.243. The van der Waals surface area contributed by atoms with Crippen molar-refractivity contribution in [2.45, 2.75) is 51.9 Å². The largest absolute Gasteiger partial charge is 0.481 e. The van der Waals surface area contributed by atoms with Gasteiger partial charge >= 0.3 is 5.97 Å². The fourth-order valence-corrected chi connectivity index (χ4v) is 2.32. The van der Waals surface area contributed by atoms with Crippen LogP contribution in [0, 0.1) is 5.92 Å². The van der Waals surface area contributed by atoms with Gasteiger partial charge in [-0.05, 0) is 25.2 Å². The van der Waals surface area contributed by atoms with Gasteiger partial charge < -0.3 is 10.0 Å². The number of carbonyl (C=O) groups excluding carboxylic acids is 1. The lowest BCUT2D eigenvalue weighted by Gasteiger charge is -2.31. The molecule has 0 spiro atoms. The normalized spacial score (nSPS) is 17.1. The summed E-state index contributed by atoms with van der Waals surface area (Å²) in [5, 5.41) is 8.70. The predicted molar refractivity (Wildman–Crippen MR) is 65.7 cm³/mol. The van der Waals surface area contributed by atoms with Crippen molar-refractivity contribution in [2.24, 2.45) is 5.92 Å². The molecule has 1 fully saturated rings. The zero-order valence-corrected chi connectivity index (χ0v) is 10.7. The molecule has 0 radical (unpaired) electrons. The van der Waals surface area contributed by atoms with Crippen LogP contribution in [0.1, 0.15) is 51.9 Å². The van der Waals surface area contributed by atoms with Crippen molar-refractivity contribution in [1.29, 1.82) is 0 Å². The number of nitrogens with zero attached hydrogens (tertiary/aromatic N) is 1. The summed E-state index contributed by atoms with van der Waals surface area (Å²) in [6.07, 6.45) is 5.80. The fourth-order valence-electron chi connectivity index (χ4n) is 2.32. The maximum Gasteiger partial charge on any atom is 0.303 e. The molecule has 17 heavy (non-hydrogen) atoms. The molecule has 0 aromatic rings. The first-order valence-corrected chi connectivity index (χ1v) is 6.63. The highest BCUT2D eigenvalue weighted by Crippen LogP contribution is 2.21. The Hall–Kier alpha value is -1.06. The zero-order chi connectivity index (χ0) is 12.7. The highest BCUT2D eigenvalue weighted by molar-refractivity contribution is 5.76. The third-order valence-electron chi connectivity index (χ3n) is 3.42. The van der Waals surface area contributed by atoms with Crippen molar-refractivity contribution in [3.05, 3.63) is 0 Å². The summed E-state index contributed by atoms with van der Waals surface area (Å²) < 4.78 is 0. The van der Waals surface area contributed by atoms with E-state index in [4.69, 9.17) is 5.11 Å². The molecule has 1 heterocycles. The number of carboxylic acid groups (broad SMARTS) is 1. The molecule has 0 atom stereocenters. The average molecular weight is 241 g/mol. The standard InChI is InChI=1S/C13H23NO3/c1-2-3-4-5-12(15)14-8-6-11(7-9-14)10-13(16)17/h11H,2-10H2,1H3,(H,16,17). The quantitative estimate of drug-likeness (QED) is 0.726. The van der Waals surface area contributed by atoms with Gasteiger partial charge in [0.25, 0.3) is 0 Å². The zero-order valence-electron chi connectivity index (χ0n) is 10.7. The smallest absolute Gasteiger partial charge is 0.303 e. The molecule has 0 aliphatic carbocycles. The van der Waals surface area contributed by atoms with E-state index < -0.39 is 5.97 Å². The average Bonchev–Trinajstić information content (AvgIpc) is 2.29. The Morgan fingerprint density at radius 1 is 1.24 bits per heavy atom. The van der Waals surface area contributed by atoms with E-state index in [0.717, 1.165) is 45.2 Å². The van der Waals surface area contributed by atoms with Crippen LogP contribution in [0.25, 0.3) is 0 Å². The topological polar surface area (TPSA) is 57.6 Å². The SMILES string of the molecule is CCCCCC(=O)N1CCC(CC(=O)O)CC1. The van der Waals surface area contributed by atoms with Gasteiger partial charge in [0, 0.05) is 25.9 Å². The van der Waals surface area contributed by atoms with Crippen LogP contribution in [0.15, 0.2) is 0 Å². The molecule has 1 rings (SSSR count). The second-order valence-electron chi connectivity index (χ2n) is 4.88. The minimum Gasteiger partial charge on any atom is -0.481 e. The van der Waals surface area contributed by atoms with E-state index in [0.29, 0.717) is 6.42 Å². The van der Waals surface area contributed by atoms with Gasteiger partial charge in [-0.3, -0.25) is 9.59 Å². The number of hydrogen-bond acceptors (Lipinski definition) is 2. The molecule has 0 aromatic heterocycles. The second-order valence-corrected chi connectivity index (χ2v) is 4.88. The van der Waals surface area contributed by atoms with Gasteiger partial charge in [0.15, 0.2) is 0 Å². The lowest BCUT2D eigenvalue weighted by atomic mass is 9.93. The number of rotatable bonds is 6. The number of amides is 1. The number of likely N-dealkylation sites (tertiary alicyclic amines) is 1. The molecule has 98 valence electrons. The van der Waals surface area contributed by atoms with Crippen molar-refractivity contribution in [1.82, 2.24) is 4.90 Å². The Morgan fingerprint density at radius 2 is 1.88 bits per heavy atom. The summed E-state index contributed by atoms with van der Waals surface area (Å²) >= 11 is 0. The minimum atomic E-state index is -0.724. The van der Waals surface area contributed by atoms with Crippen LogP contribution < -0.4 is 0 Å². The van der Waals surface area contributed by atoms with Crippen molar-refractivity contribution in [3.63, 3.8) is 0 Å². The number of aliphatic carboxylic acids is 1. The van der Waals surface area contributed by atoms with Crippen LogP contribution in [0.5, 0.6) is 0 Å². The summed E-state index contributed by atoms with van der Waals surface area (Å²) in [7, 11) is 0. The van der Waals surface area contributed by atoms with Gasteiger partial charge in [-0.15, -0.1) is 0 Å². The Bertz CT molecular complexity index is 257. The van der Waals surface area contributed by atoms with E-state index in [2.05, 4.69) is 6.92 Å². The van der Waals surface area contributed by atoms with Gasteiger partial charge in [0.2, 0.25) is 5.91 Å². The molecular weight excluding hydrogens is 218 g/mol. The van der Waals surface area contributed by atoms with Crippen LogP contribution in [0.4, 0.5) is 0 Å². The molecule has 1 aliphatic heterocycles. The summed E-state index contributed by atoms with van der Waals surface area (Å²) in [5.74, 6) is -0.225. The number of hydrogen-bond donors (Lipinski definition) is 1. The van der Waals surface area contributed by atoms with Crippen LogP contribution >= 0.6 is 0 Å². The lowest BCUT2D eigenvalue weighted by molar-refractivity contribution is -0.138. The highest BCUT2D eigenvalue weighted by Gasteiger charge is 2.23. The monoisotopic (exact) mass is 241 g/mol. The van der Waals surface area contributed by atoms with Crippen molar-refractivity contribution < 1.29 is 14.7 Å². The number of carbonyl (C=O) groups is 2. The van der Waals surface area contributed by atoms with Gasteiger partial charge in [-0.1, -0.05) is 19.8 Å². The molecule has 1 saturated heterocycles. The number of unbranched alkanes of at least 4 members (excludes halogenated alkanes) is 2. The summed E-state index contributed by atoms with van der Waals surface area (Å²) in [5.41, 5.74) is 0. The highest BCUT2D eigenvalue weighted by atomic mass is 16.4. The summed E-state index contributed by atoms with van der Waals surface area (Å²) in [6, 6.07) is 0. The third kappa shape index (κ3) is 5.20. The van der Waals surface area contributed by atoms with E-state index in [-0.39, 0.29) is 18.2 Å². The first-order chi connectivity index (χ1) is 8.13. The second kappa shape index (κ2) is 7.30. The molecule has 0 unspecified atom stereocenters. The van der Waals surface area contributed by atoms with Gasteiger partial charge in [0.05, 0.1) is 0 Å². The van der Waals surface area contributed by atoms with Gasteiger partial charge in [0.1, 0.15) is 0 Å². The molecule has 0 saturated carbocycles. The Labute approximate surface area is 103 Å². The first-order valence-electron chi connectivity index (χ1n) is 6.63. The molecule has 1 aliphatic rings. The van der Waals surface area contributed by atoms with Crippen LogP contribution in [0.2, 0.25) is 0 Å². The maximum atomic E-state index is 11.8. The first kappa shape index (κ1) is 14.0. The fraction of sp³-hybridized carbons (Fsp3) is 0.846. The maximum absolute atomic E-state index is 11.8. The van der Waals surface area contributed by atoms with Crippen LogP contribution in [-0.4, -0.2) is 35.0 Å². The molecular formula is C13H23NO3. The van der Waals surface area contributed by atoms with Crippen LogP contribution in [0.3, 0.4) is 0 Å². The number of piperidine rings is 1. The van der Waals surface area contributed by atoms with Crippen molar-refractivity contribution in [3.8, 4) is 0 Å². The summed E-state index contributed by atoms with van der Waals surface area (Å²) in [6.45, 7) is 3.60. The molecule has 0 aromatic carbocycles. The molecule has 0 bridgehead atoms. The van der Waals surface area contributed by atoms with E-state index in [1.54, 1.807) is 0 Å². The van der Waals surface area contributed by atoms with E-state index in [1.807, 2.05) is 4.90 Å². The lowest BCUT2D eigenvalue weighted by Crippen LogP contribution is -2.38. The molecule has 1 N–H and O–H groups in total. The molecule has 4 nitrogen and oxygen atoms in total. The van der Waals surface area contributed by atoms with Gasteiger partial charge in [-0.2, -0.15) is 0 Å². The Kier molecular flexibility index (Phi) is 6.01. The van der Waals surface area contributed by atoms with Crippen molar-refractivity contribution >= 4 is 11.9 Å². The summed E-state index contributed by atoms with van der Waals surface area (Å²) in [4.78, 5) is 24.3. The van der Waals surface area contributed by atoms with Gasteiger partial charge in [-0.25, -0.2) is 0 Å².